The summed E-state index contributed by atoms with van der Waals surface area (Å²) >= 11 is 0. The molecule has 2 rings (SSSR count). The van der Waals surface area contributed by atoms with Crippen molar-refractivity contribution in [2.45, 2.75) is 38.6 Å². The summed E-state index contributed by atoms with van der Waals surface area (Å²) in [4.78, 5) is 13.9. The highest BCUT2D eigenvalue weighted by Gasteiger charge is 2.29. The maximum atomic E-state index is 11.4. The first-order chi connectivity index (χ1) is 8.66. The fourth-order valence-corrected chi connectivity index (χ4v) is 2.76. The Kier molecular flexibility index (Phi) is 5.01. The predicted octanol–water partition coefficient (Wildman–Crippen LogP) is 0.833. The Labute approximate surface area is 110 Å². The van der Waals surface area contributed by atoms with E-state index < -0.39 is 0 Å². The summed E-state index contributed by atoms with van der Waals surface area (Å²) in [6.07, 6.45) is 4.81. The van der Waals surface area contributed by atoms with E-state index in [1.54, 1.807) is 0 Å². The first-order valence-corrected chi connectivity index (χ1v) is 7.36. The second-order valence-electron chi connectivity index (χ2n) is 5.97. The number of amides is 1. The summed E-state index contributed by atoms with van der Waals surface area (Å²) in [7, 11) is 2.20. The molecule has 18 heavy (non-hydrogen) atoms. The minimum Gasteiger partial charge on any atom is -0.355 e. The molecule has 2 aliphatic rings. The number of nitrogens with one attached hydrogen (secondary N) is 2. The van der Waals surface area contributed by atoms with E-state index in [9.17, 15) is 4.79 Å². The van der Waals surface area contributed by atoms with Crippen LogP contribution < -0.4 is 10.6 Å². The third-order valence-corrected chi connectivity index (χ3v) is 4.21. The van der Waals surface area contributed by atoms with E-state index in [4.69, 9.17) is 0 Å². The molecule has 1 amide bonds. The molecule has 4 heteroatoms. The molecule has 1 heterocycles. The normalized spacial score (nSPS) is 26.9. The van der Waals surface area contributed by atoms with Gasteiger partial charge in [-0.3, -0.25) is 4.79 Å². The summed E-state index contributed by atoms with van der Waals surface area (Å²) in [5.74, 6) is 1.33. The standard InChI is InChI=1S/C14H27N3O/c1-11(13-4-3-9-17(2)10-13)15-7-8-16-14(18)12-5-6-12/h11-13,15H,3-10H2,1-2H3,(H,16,18). The number of hydrogen-bond donors (Lipinski definition) is 2. The van der Waals surface area contributed by atoms with Crippen LogP contribution in [0.4, 0.5) is 0 Å². The van der Waals surface area contributed by atoms with Gasteiger partial charge in [-0.1, -0.05) is 0 Å². The van der Waals surface area contributed by atoms with E-state index >= 15 is 0 Å². The second-order valence-corrected chi connectivity index (χ2v) is 5.97. The Morgan fingerprint density at radius 2 is 2.11 bits per heavy atom. The molecule has 2 fully saturated rings. The summed E-state index contributed by atoms with van der Waals surface area (Å²) in [6.45, 7) is 6.36. The van der Waals surface area contributed by atoms with E-state index in [1.807, 2.05) is 0 Å². The second kappa shape index (κ2) is 6.53. The number of piperidine rings is 1. The number of nitrogens with zero attached hydrogens (tertiary/aromatic N) is 1. The van der Waals surface area contributed by atoms with Crippen LogP contribution in [0.2, 0.25) is 0 Å². The van der Waals surface area contributed by atoms with Gasteiger partial charge < -0.3 is 15.5 Å². The van der Waals surface area contributed by atoms with Crippen molar-refractivity contribution in [3.63, 3.8) is 0 Å². The van der Waals surface area contributed by atoms with Crippen LogP contribution in [0.3, 0.4) is 0 Å². The molecule has 2 unspecified atom stereocenters. The molecule has 0 aromatic carbocycles. The van der Waals surface area contributed by atoms with Crippen LogP contribution in [0, 0.1) is 11.8 Å². The topological polar surface area (TPSA) is 44.4 Å². The van der Waals surface area contributed by atoms with E-state index in [0.717, 1.165) is 31.8 Å². The monoisotopic (exact) mass is 253 g/mol. The van der Waals surface area contributed by atoms with E-state index in [2.05, 4.69) is 29.5 Å². The zero-order valence-corrected chi connectivity index (χ0v) is 11.7. The van der Waals surface area contributed by atoms with Crippen LogP contribution in [0.15, 0.2) is 0 Å². The van der Waals surface area contributed by atoms with Gasteiger partial charge in [-0.05, 0) is 52.1 Å². The largest absolute Gasteiger partial charge is 0.355 e. The quantitative estimate of drug-likeness (QED) is 0.689. The summed E-state index contributed by atoms with van der Waals surface area (Å²) in [5.41, 5.74) is 0. The SMILES string of the molecule is CC(NCCNC(=O)C1CC1)C1CCCN(C)C1. The average molecular weight is 253 g/mol. The van der Waals surface area contributed by atoms with Crippen molar-refractivity contribution in [3.05, 3.63) is 0 Å². The molecular formula is C14H27N3O. The van der Waals surface area contributed by atoms with Crippen molar-refractivity contribution in [1.82, 2.24) is 15.5 Å². The fraction of sp³-hybridized carbons (Fsp3) is 0.929. The van der Waals surface area contributed by atoms with Gasteiger partial charge in [0.25, 0.3) is 0 Å². The number of likely N-dealkylation sites (tertiary alicyclic amines) is 1. The number of carbonyl (C=O) groups excluding carboxylic acids is 1. The summed E-state index contributed by atoms with van der Waals surface area (Å²) < 4.78 is 0. The Bertz CT molecular complexity index is 278. The molecular weight excluding hydrogens is 226 g/mol. The predicted molar refractivity (Wildman–Crippen MR) is 73.4 cm³/mol. The first kappa shape index (κ1) is 13.8. The Hall–Kier alpha value is -0.610. The van der Waals surface area contributed by atoms with Gasteiger partial charge >= 0.3 is 0 Å². The average Bonchev–Trinajstić information content (AvgIpc) is 3.18. The van der Waals surface area contributed by atoms with Crippen molar-refractivity contribution in [3.8, 4) is 0 Å². The van der Waals surface area contributed by atoms with Crippen LogP contribution in [0.1, 0.15) is 32.6 Å². The Balaban J connectivity index is 1.56. The lowest BCUT2D eigenvalue weighted by molar-refractivity contribution is -0.122. The molecule has 1 saturated heterocycles. The van der Waals surface area contributed by atoms with Gasteiger partial charge in [0.05, 0.1) is 0 Å². The highest BCUT2D eigenvalue weighted by molar-refractivity contribution is 5.80. The molecule has 1 aliphatic heterocycles. The molecule has 0 radical (unpaired) electrons. The molecule has 2 atom stereocenters. The van der Waals surface area contributed by atoms with Gasteiger partial charge in [0.15, 0.2) is 0 Å². The van der Waals surface area contributed by atoms with Crippen LogP contribution in [0.5, 0.6) is 0 Å². The minimum absolute atomic E-state index is 0.252. The maximum absolute atomic E-state index is 11.4. The minimum atomic E-state index is 0.252. The Morgan fingerprint density at radius 1 is 1.33 bits per heavy atom. The molecule has 2 N–H and O–H groups in total. The third-order valence-electron chi connectivity index (χ3n) is 4.21. The van der Waals surface area contributed by atoms with Crippen molar-refractivity contribution in [2.24, 2.45) is 11.8 Å². The van der Waals surface area contributed by atoms with E-state index in [1.165, 1.54) is 25.9 Å². The molecule has 1 aliphatic carbocycles. The highest BCUT2D eigenvalue weighted by atomic mass is 16.2. The smallest absolute Gasteiger partial charge is 0.223 e. The van der Waals surface area contributed by atoms with Crippen LogP contribution in [-0.2, 0) is 4.79 Å². The van der Waals surface area contributed by atoms with Crippen molar-refractivity contribution >= 4 is 5.91 Å². The summed E-state index contributed by atoms with van der Waals surface area (Å²) in [6, 6.07) is 0.547. The summed E-state index contributed by atoms with van der Waals surface area (Å²) in [5, 5.41) is 6.55. The van der Waals surface area contributed by atoms with Crippen molar-refractivity contribution in [1.29, 1.82) is 0 Å². The van der Waals surface area contributed by atoms with Crippen molar-refractivity contribution < 1.29 is 4.79 Å². The molecule has 4 nitrogen and oxygen atoms in total. The lowest BCUT2D eigenvalue weighted by Crippen LogP contribution is -2.45. The molecule has 0 bridgehead atoms. The maximum Gasteiger partial charge on any atom is 0.223 e. The molecule has 0 aromatic rings. The van der Waals surface area contributed by atoms with Crippen LogP contribution >= 0.6 is 0 Å². The number of hydrogen-bond acceptors (Lipinski definition) is 3. The van der Waals surface area contributed by atoms with Crippen LogP contribution in [-0.4, -0.2) is 50.1 Å². The lowest BCUT2D eigenvalue weighted by Gasteiger charge is -2.34. The lowest BCUT2D eigenvalue weighted by atomic mass is 9.92. The zero-order chi connectivity index (χ0) is 13.0. The van der Waals surface area contributed by atoms with E-state index in [0.29, 0.717) is 12.0 Å². The molecule has 1 saturated carbocycles. The van der Waals surface area contributed by atoms with Gasteiger partial charge in [-0.15, -0.1) is 0 Å². The number of carbonyl (C=O) groups is 1. The third kappa shape index (κ3) is 4.25. The van der Waals surface area contributed by atoms with Gasteiger partial charge in [0.1, 0.15) is 0 Å². The van der Waals surface area contributed by atoms with Gasteiger partial charge in [-0.25, -0.2) is 0 Å². The number of rotatable bonds is 6. The fourth-order valence-electron chi connectivity index (χ4n) is 2.76. The first-order valence-electron chi connectivity index (χ1n) is 7.36. The Morgan fingerprint density at radius 3 is 2.78 bits per heavy atom. The molecule has 104 valence electrons. The van der Waals surface area contributed by atoms with Gasteiger partial charge in [-0.2, -0.15) is 0 Å². The highest BCUT2D eigenvalue weighted by Crippen LogP contribution is 2.28. The van der Waals surface area contributed by atoms with Crippen LogP contribution in [0.25, 0.3) is 0 Å². The molecule has 0 spiro atoms. The van der Waals surface area contributed by atoms with Gasteiger partial charge in [0.2, 0.25) is 5.91 Å². The van der Waals surface area contributed by atoms with E-state index in [-0.39, 0.29) is 5.91 Å². The van der Waals surface area contributed by atoms with Gasteiger partial charge in [0, 0.05) is 31.6 Å². The zero-order valence-electron chi connectivity index (χ0n) is 11.7. The van der Waals surface area contributed by atoms with Crippen molar-refractivity contribution in [2.75, 3.05) is 33.2 Å². The molecule has 0 aromatic heterocycles.